The lowest BCUT2D eigenvalue weighted by Gasteiger charge is -1.82. The van der Waals surface area contributed by atoms with Crippen LogP contribution in [0.3, 0.4) is 0 Å². The Bertz CT molecular complexity index is 399. The first-order chi connectivity index (χ1) is 12.1. The first-order valence-corrected chi connectivity index (χ1v) is 8.78. The third-order valence-electron chi connectivity index (χ3n) is 1.80. The Morgan fingerprint density at radius 3 is 1.00 bits per heavy atom. The van der Waals surface area contributed by atoms with Crippen molar-refractivity contribution in [3.05, 3.63) is 86.0 Å². The van der Waals surface area contributed by atoms with Gasteiger partial charge in [-0.05, 0) is 37.6 Å². The standard InChI is InChI=1S/2C6H6O.C4H8.C3H6.2C2H6/c2*7-6-4-2-1-3-5-6;1-3-4-2;1-3-2;2*1-2/h2*1-5,7H;3H,1,4H2,2H3;3H,1H2,2H3;2*1-2H3. The van der Waals surface area contributed by atoms with Gasteiger partial charge < -0.3 is 10.2 Å². The van der Waals surface area contributed by atoms with Crippen LogP contribution in [0.25, 0.3) is 0 Å². The van der Waals surface area contributed by atoms with Crippen LogP contribution in [0.1, 0.15) is 48.0 Å². The lowest BCUT2D eigenvalue weighted by molar-refractivity contribution is 0.475. The molecule has 0 saturated heterocycles. The van der Waals surface area contributed by atoms with Gasteiger partial charge in [-0.3, -0.25) is 0 Å². The second-order valence-electron chi connectivity index (χ2n) is 3.78. The fraction of sp³-hybridized carbons (Fsp3) is 0.304. The average molecular weight is 347 g/mol. The Kier molecular flexibility index (Phi) is 40.4. The zero-order valence-electron chi connectivity index (χ0n) is 16.9. The Morgan fingerprint density at radius 2 is 0.920 bits per heavy atom. The molecule has 0 aliphatic rings. The molecule has 142 valence electrons. The van der Waals surface area contributed by atoms with Gasteiger partial charge >= 0.3 is 0 Å². The van der Waals surface area contributed by atoms with Gasteiger partial charge in [-0.2, -0.15) is 0 Å². The van der Waals surface area contributed by atoms with Crippen molar-refractivity contribution in [3.63, 3.8) is 0 Å². The van der Waals surface area contributed by atoms with Crippen LogP contribution in [0.5, 0.6) is 11.5 Å². The predicted molar refractivity (Wildman–Crippen MR) is 115 cm³/mol. The van der Waals surface area contributed by atoms with Crippen molar-refractivity contribution in [2.24, 2.45) is 0 Å². The van der Waals surface area contributed by atoms with Crippen LogP contribution in [0.15, 0.2) is 86.0 Å². The number of benzene rings is 2. The maximum atomic E-state index is 8.63. The van der Waals surface area contributed by atoms with Crippen LogP contribution in [0.4, 0.5) is 0 Å². The van der Waals surface area contributed by atoms with E-state index in [1.165, 1.54) is 0 Å². The van der Waals surface area contributed by atoms with Crippen LogP contribution in [0.2, 0.25) is 0 Å². The summed E-state index contributed by atoms with van der Waals surface area (Å²) in [5.41, 5.74) is 0. The lowest BCUT2D eigenvalue weighted by atomic mass is 10.3. The molecule has 0 spiro atoms. The predicted octanol–water partition coefficient (Wildman–Crippen LogP) is 7.61. The van der Waals surface area contributed by atoms with Gasteiger partial charge in [0.05, 0.1) is 0 Å². The SMILES string of the molecule is C=CC.C=CCC.CC.CC.Oc1ccccc1.Oc1ccccc1. The van der Waals surface area contributed by atoms with Crippen LogP contribution in [-0.2, 0) is 0 Å². The van der Waals surface area contributed by atoms with E-state index in [2.05, 4.69) is 20.1 Å². The van der Waals surface area contributed by atoms with Gasteiger partial charge in [-0.25, -0.2) is 0 Å². The van der Waals surface area contributed by atoms with Gasteiger partial charge in [-0.15, -0.1) is 13.2 Å². The third kappa shape index (κ3) is 38.9. The van der Waals surface area contributed by atoms with E-state index in [0.717, 1.165) is 6.42 Å². The molecule has 2 heteroatoms. The minimum Gasteiger partial charge on any atom is -0.508 e. The van der Waals surface area contributed by atoms with Crippen LogP contribution < -0.4 is 0 Å². The van der Waals surface area contributed by atoms with E-state index in [1.54, 1.807) is 54.6 Å². The number of hydrogen-bond donors (Lipinski definition) is 2. The smallest absolute Gasteiger partial charge is 0.115 e. The minimum atomic E-state index is 0.322. The first-order valence-electron chi connectivity index (χ1n) is 8.78. The summed E-state index contributed by atoms with van der Waals surface area (Å²) < 4.78 is 0. The molecule has 0 fully saturated rings. The van der Waals surface area contributed by atoms with Gasteiger partial charge in [0, 0.05) is 0 Å². The maximum Gasteiger partial charge on any atom is 0.115 e. The van der Waals surface area contributed by atoms with Crippen molar-refractivity contribution in [3.8, 4) is 11.5 Å². The largest absolute Gasteiger partial charge is 0.508 e. The highest BCUT2D eigenvalue weighted by Gasteiger charge is 1.75. The van der Waals surface area contributed by atoms with E-state index < -0.39 is 0 Å². The van der Waals surface area contributed by atoms with Gasteiger partial charge in [0.25, 0.3) is 0 Å². The highest BCUT2D eigenvalue weighted by atomic mass is 16.3. The fourth-order valence-corrected chi connectivity index (χ4v) is 0.856. The normalized spacial score (nSPS) is 6.80. The van der Waals surface area contributed by atoms with Crippen LogP contribution in [0, 0.1) is 0 Å². The van der Waals surface area contributed by atoms with E-state index in [-0.39, 0.29) is 0 Å². The maximum absolute atomic E-state index is 8.63. The topological polar surface area (TPSA) is 40.5 Å². The Morgan fingerprint density at radius 1 is 0.720 bits per heavy atom. The van der Waals surface area contributed by atoms with E-state index in [1.807, 2.05) is 52.8 Å². The Labute approximate surface area is 156 Å². The number of aromatic hydroxyl groups is 2. The van der Waals surface area contributed by atoms with Crippen molar-refractivity contribution >= 4 is 0 Å². The summed E-state index contributed by atoms with van der Waals surface area (Å²) in [5, 5.41) is 17.3. The quantitative estimate of drug-likeness (QED) is 0.521. The fourth-order valence-electron chi connectivity index (χ4n) is 0.856. The second-order valence-corrected chi connectivity index (χ2v) is 3.78. The minimum absolute atomic E-state index is 0.322. The van der Waals surface area contributed by atoms with Gasteiger partial charge in [0.15, 0.2) is 0 Å². The zero-order valence-corrected chi connectivity index (χ0v) is 16.9. The van der Waals surface area contributed by atoms with E-state index in [9.17, 15) is 0 Å². The van der Waals surface area contributed by atoms with Crippen molar-refractivity contribution in [2.45, 2.75) is 48.0 Å². The van der Waals surface area contributed by atoms with Crippen molar-refractivity contribution in [2.75, 3.05) is 0 Å². The summed E-state index contributed by atoms with van der Waals surface area (Å²) in [6.07, 6.45) is 4.71. The molecule has 2 aromatic carbocycles. The Hall–Kier alpha value is -2.48. The van der Waals surface area contributed by atoms with Gasteiger partial charge in [-0.1, -0.05) is 83.2 Å². The molecule has 0 amide bonds. The summed E-state index contributed by atoms with van der Waals surface area (Å²) in [6, 6.07) is 17.4. The second kappa shape index (κ2) is 33.2. The third-order valence-corrected chi connectivity index (χ3v) is 1.80. The van der Waals surface area contributed by atoms with Crippen molar-refractivity contribution < 1.29 is 10.2 Å². The average Bonchev–Trinajstić information content (AvgIpc) is 2.68. The van der Waals surface area contributed by atoms with Crippen LogP contribution in [-0.4, -0.2) is 10.2 Å². The Balaban J connectivity index is -0.000000115. The van der Waals surface area contributed by atoms with E-state index in [0.29, 0.717) is 11.5 Å². The molecule has 2 N–H and O–H groups in total. The van der Waals surface area contributed by atoms with Crippen LogP contribution >= 0.6 is 0 Å². The monoisotopic (exact) mass is 346 g/mol. The highest BCUT2D eigenvalue weighted by Crippen LogP contribution is 2.03. The molecular formula is C23H38O2. The molecule has 0 unspecified atom stereocenters. The van der Waals surface area contributed by atoms with Crippen molar-refractivity contribution in [1.29, 1.82) is 0 Å². The number of allylic oxidation sites excluding steroid dienone is 2. The molecule has 0 radical (unpaired) electrons. The summed E-state index contributed by atoms with van der Waals surface area (Å²) in [5.74, 6) is 0.644. The molecule has 0 aromatic heterocycles. The number of para-hydroxylation sites is 2. The summed E-state index contributed by atoms with van der Waals surface area (Å²) in [7, 11) is 0. The number of rotatable bonds is 1. The first kappa shape index (κ1) is 30.4. The summed E-state index contributed by atoms with van der Waals surface area (Å²) in [6.45, 7) is 18.8. The molecule has 25 heavy (non-hydrogen) atoms. The molecule has 0 bridgehead atoms. The molecule has 0 aliphatic carbocycles. The van der Waals surface area contributed by atoms with E-state index >= 15 is 0 Å². The molecule has 2 rings (SSSR count). The van der Waals surface area contributed by atoms with E-state index in [4.69, 9.17) is 10.2 Å². The molecule has 0 heterocycles. The van der Waals surface area contributed by atoms with Crippen molar-refractivity contribution in [1.82, 2.24) is 0 Å². The van der Waals surface area contributed by atoms with Gasteiger partial charge in [0.1, 0.15) is 11.5 Å². The zero-order chi connectivity index (χ0) is 20.3. The number of hydrogen-bond acceptors (Lipinski definition) is 2. The summed E-state index contributed by atoms with van der Waals surface area (Å²) in [4.78, 5) is 0. The highest BCUT2D eigenvalue weighted by molar-refractivity contribution is 5.19. The lowest BCUT2D eigenvalue weighted by Crippen LogP contribution is -1.56. The molecular weight excluding hydrogens is 308 g/mol. The molecule has 2 aromatic rings. The molecule has 2 nitrogen and oxygen atoms in total. The molecule has 0 aliphatic heterocycles. The molecule has 0 saturated carbocycles. The van der Waals surface area contributed by atoms with Gasteiger partial charge in [0.2, 0.25) is 0 Å². The molecule has 0 atom stereocenters. The summed E-state index contributed by atoms with van der Waals surface area (Å²) >= 11 is 0. The number of phenolic OH excluding ortho intramolecular Hbond substituents is 2. The number of phenols is 2.